The Hall–Kier alpha value is -2.33. The minimum atomic E-state index is -0.666. The molecule has 0 fully saturated rings. The average molecular weight is 331 g/mol. The molecule has 120 valence electrons. The average Bonchev–Trinajstić information content (AvgIpc) is 2.55. The predicted molar refractivity (Wildman–Crippen MR) is 92.6 cm³/mol. The quantitative estimate of drug-likeness (QED) is 0.853. The van der Waals surface area contributed by atoms with Gasteiger partial charge >= 0.3 is 0 Å². The number of carbonyl (C=O) groups excluding carboxylic acids is 2. The van der Waals surface area contributed by atoms with E-state index in [4.69, 9.17) is 11.6 Å². The third-order valence-corrected chi connectivity index (χ3v) is 3.58. The lowest BCUT2D eigenvalue weighted by atomic mass is 10.1. The van der Waals surface area contributed by atoms with Crippen LogP contribution in [0.4, 0.5) is 5.69 Å². The maximum absolute atomic E-state index is 12.7. The molecule has 2 aromatic carbocycles. The van der Waals surface area contributed by atoms with Crippen molar-refractivity contribution in [3.8, 4) is 0 Å². The van der Waals surface area contributed by atoms with Gasteiger partial charge in [-0.25, -0.2) is 0 Å². The van der Waals surface area contributed by atoms with Crippen LogP contribution < -0.4 is 5.32 Å². The van der Waals surface area contributed by atoms with E-state index >= 15 is 0 Å². The second-order valence-corrected chi connectivity index (χ2v) is 5.95. The Morgan fingerprint density at radius 3 is 2.35 bits per heavy atom. The van der Waals surface area contributed by atoms with E-state index in [1.807, 2.05) is 30.3 Å². The standard InChI is InChI=1S/C18H19ClN2O2/c1-13(19)17(22)20-16-11-7-6-10-15(16)18(23)21(2)12-14-8-4-3-5-9-14/h3-11,13H,12H2,1-2H3,(H,20,22). The second-order valence-electron chi connectivity index (χ2n) is 5.30. The van der Waals surface area contributed by atoms with Crippen LogP contribution in [-0.4, -0.2) is 29.1 Å². The maximum Gasteiger partial charge on any atom is 0.256 e. The molecule has 2 rings (SSSR count). The maximum atomic E-state index is 12.7. The van der Waals surface area contributed by atoms with Crippen LogP contribution >= 0.6 is 11.6 Å². The van der Waals surface area contributed by atoms with Crippen LogP contribution in [0.3, 0.4) is 0 Å². The first-order valence-electron chi connectivity index (χ1n) is 7.32. The number of benzene rings is 2. The number of halogens is 1. The Kier molecular flexibility index (Phi) is 5.77. The summed E-state index contributed by atoms with van der Waals surface area (Å²) in [7, 11) is 1.73. The Morgan fingerprint density at radius 2 is 1.70 bits per heavy atom. The molecule has 0 saturated carbocycles. The minimum Gasteiger partial charge on any atom is -0.337 e. The van der Waals surface area contributed by atoms with Gasteiger partial charge in [0.1, 0.15) is 5.38 Å². The third kappa shape index (κ3) is 4.57. The summed E-state index contributed by atoms with van der Waals surface area (Å²) < 4.78 is 0. The molecule has 0 aliphatic heterocycles. The Balaban J connectivity index is 2.17. The number of hydrogen-bond donors (Lipinski definition) is 1. The summed E-state index contributed by atoms with van der Waals surface area (Å²) in [6, 6.07) is 16.7. The third-order valence-electron chi connectivity index (χ3n) is 3.39. The van der Waals surface area contributed by atoms with E-state index in [2.05, 4.69) is 5.32 Å². The lowest BCUT2D eigenvalue weighted by Crippen LogP contribution is -2.28. The molecule has 0 aliphatic carbocycles. The molecule has 0 heterocycles. The summed E-state index contributed by atoms with van der Waals surface area (Å²) in [6.07, 6.45) is 0. The van der Waals surface area contributed by atoms with Crippen LogP contribution in [0.1, 0.15) is 22.8 Å². The van der Waals surface area contributed by atoms with Crippen molar-refractivity contribution in [3.05, 3.63) is 65.7 Å². The monoisotopic (exact) mass is 330 g/mol. The van der Waals surface area contributed by atoms with Crippen LogP contribution in [0.15, 0.2) is 54.6 Å². The molecule has 0 spiro atoms. The molecule has 0 saturated heterocycles. The van der Waals surface area contributed by atoms with Gasteiger partial charge in [-0.1, -0.05) is 42.5 Å². The SMILES string of the molecule is CC(Cl)C(=O)Nc1ccccc1C(=O)N(C)Cc1ccccc1. The van der Waals surface area contributed by atoms with E-state index in [0.717, 1.165) is 5.56 Å². The molecule has 1 unspecified atom stereocenters. The lowest BCUT2D eigenvalue weighted by Gasteiger charge is -2.19. The molecule has 0 bridgehead atoms. The summed E-state index contributed by atoms with van der Waals surface area (Å²) in [5, 5.41) is 2.02. The molecule has 1 N–H and O–H groups in total. The van der Waals surface area contributed by atoms with Crippen molar-refractivity contribution < 1.29 is 9.59 Å². The van der Waals surface area contributed by atoms with Gasteiger partial charge in [-0.05, 0) is 24.6 Å². The Labute approximate surface area is 141 Å². The van der Waals surface area contributed by atoms with Crippen LogP contribution in [0.25, 0.3) is 0 Å². The highest BCUT2D eigenvalue weighted by atomic mass is 35.5. The van der Waals surface area contributed by atoms with Crippen molar-refractivity contribution in [1.29, 1.82) is 0 Å². The number of amides is 2. The Morgan fingerprint density at radius 1 is 1.09 bits per heavy atom. The smallest absolute Gasteiger partial charge is 0.256 e. The summed E-state index contributed by atoms with van der Waals surface area (Å²) in [6.45, 7) is 2.08. The van der Waals surface area contributed by atoms with Crippen molar-refractivity contribution in [2.75, 3.05) is 12.4 Å². The zero-order valence-electron chi connectivity index (χ0n) is 13.1. The minimum absolute atomic E-state index is 0.160. The molecule has 0 aromatic heterocycles. The predicted octanol–water partition coefficient (Wildman–Crippen LogP) is 3.52. The number of carbonyl (C=O) groups is 2. The molecule has 2 amide bonds. The van der Waals surface area contributed by atoms with Gasteiger partial charge in [0.05, 0.1) is 11.3 Å². The van der Waals surface area contributed by atoms with Crippen LogP contribution in [0.5, 0.6) is 0 Å². The molecule has 0 radical (unpaired) electrons. The number of alkyl halides is 1. The molecule has 23 heavy (non-hydrogen) atoms. The first kappa shape index (κ1) is 17.0. The molecule has 1 atom stereocenters. The van der Waals surface area contributed by atoms with Crippen molar-refractivity contribution in [1.82, 2.24) is 4.90 Å². The van der Waals surface area contributed by atoms with Crippen molar-refractivity contribution in [3.63, 3.8) is 0 Å². The van der Waals surface area contributed by atoms with Gasteiger partial charge in [0.2, 0.25) is 5.91 Å². The summed E-state index contributed by atoms with van der Waals surface area (Å²) in [5.41, 5.74) is 1.95. The first-order chi connectivity index (χ1) is 11.0. The van der Waals surface area contributed by atoms with E-state index in [1.165, 1.54) is 0 Å². The highest BCUT2D eigenvalue weighted by molar-refractivity contribution is 6.32. The zero-order chi connectivity index (χ0) is 16.8. The fourth-order valence-electron chi connectivity index (χ4n) is 2.15. The number of anilines is 1. The number of hydrogen-bond acceptors (Lipinski definition) is 2. The van der Waals surface area contributed by atoms with Gasteiger partial charge in [-0.3, -0.25) is 9.59 Å². The summed E-state index contributed by atoms with van der Waals surface area (Å²) >= 11 is 5.77. The zero-order valence-corrected chi connectivity index (χ0v) is 13.9. The highest BCUT2D eigenvalue weighted by Crippen LogP contribution is 2.18. The van der Waals surface area contributed by atoms with Crippen LogP contribution in [0, 0.1) is 0 Å². The fourth-order valence-corrected chi connectivity index (χ4v) is 2.20. The molecule has 4 nitrogen and oxygen atoms in total. The molecular formula is C18H19ClN2O2. The van der Waals surface area contributed by atoms with Gasteiger partial charge in [-0.2, -0.15) is 0 Å². The number of para-hydroxylation sites is 1. The molecular weight excluding hydrogens is 312 g/mol. The molecule has 0 aliphatic rings. The van der Waals surface area contributed by atoms with Gasteiger partial charge in [0, 0.05) is 13.6 Å². The normalized spacial score (nSPS) is 11.6. The van der Waals surface area contributed by atoms with Gasteiger partial charge < -0.3 is 10.2 Å². The van der Waals surface area contributed by atoms with E-state index in [-0.39, 0.29) is 11.8 Å². The van der Waals surface area contributed by atoms with Crippen molar-refractivity contribution in [2.24, 2.45) is 0 Å². The number of nitrogens with zero attached hydrogens (tertiary/aromatic N) is 1. The topological polar surface area (TPSA) is 49.4 Å². The Bertz CT molecular complexity index is 686. The second kappa shape index (κ2) is 7.79. The summed E-state index contributed by atoms with van der Waals surface area (Å²) in [4.78, 5) is 26.1. The lowest BCUT2D eigenvalue weighted by molar-refractivity contribution is -0.115. The highest BCUT2D eigenvalue weighted by Gasteiger charge is 2.18. The van der Waals surface area contributed by atoms with Crippen molar-refractivity contribution in [2.45, 2.75) is 18.8 Å². The largest absolute Gasteiger partial charge is 0.337 e. The number of nitrogens with one attached hydrogen (secondary N) is 1. The number of rotatable bonds is 5. The first-order valence-corrected chi connectivity index (χ1v) is 7.76. The summed E-state index contributed by atoms with van der Waals surface area (Å²) in [5.74, 6) is -0.496. The van der Waals surface area contributed by atoms with Crippen LogP contribution in [-0.2, 0) is 11.3 Å². The van der Waals surface area contributed by atoms with Gasteiger partial charge in [-0.15, -0.1) is 11.6 Å². The van der Waals surface area contributed by atoms with Gasteiger partial charge in [0.15, 0.2) is 0 Å². The van der Waals surface area contributed by atoms with E-state index < -0.39 is 5.38 Å². The van der Waals surface area contributed by atoms with Crippen LogP contribution in [0.2, 0.25) is 0 Å². The van der Waals surface area contributed by atoms with E-state index in [9.17, 15) is 9.59 Å². The van der Waals surface area contributed by atoms with E-state index in [0.29, 0.717) is 17.8 Å². The fraction of sp³-hybridized carbons (Fsp3) is 0.222. The molecule has 2 aromatic rings. The molecule has 5 heteroatoms. The van der Waals surface area contributed by atoms with Crippen molar-refractivity contribution >= 4 is 29.1 Å². The van der Waals surface area contributed by atoms with E-state index in [1.54, 1.807) is 43.1 Å². The van der Waals surface area contributed by atoms with Gasteiger partial charge in [0.25, 0.3) is 5.91 Å².